The molecule has 2 aliphatic rings. The zero-order chi connectivity index (χ0) is 30.4. The van der Waals surface area contributed by atoms with Gasteiger partial charge in [0.1, 0.15) is 5.69 Å². The third kappa shape index (κ3) is 5.67. The van der Waals surface area contributed by atoms with E-state index in [9.17, 15) is 21.7 Å². The molecule has 0 saturated carbocycles. The van der Waals surface area contributed by atoms with Crippen LogP contribution in [0.25, 0.3) is 21.5 Å². The Bertz CT molecular complexity index is 1590. The van der Waals surface area contributed by atoms with Gasteiger partial charge in [0.05, 0.1) is 22.1 Å². The van der Waals surface area contributed by atoms with E-state index < -0.39 is 20.0 Å². The first-order valence-corrected chi connectivity index (χ1v) is 17.5. The van der Waals surface area contributed by atoms with Crippen molar-refractivity contribution in [3.05, 3.63) is 41.3 Å². The van der Waals surface area contributed by atoms with Crippen molar-refractivity contribution in [2.75, 3.05) is 38.3 Å². The van der Waals surface area contributed by atoms with Gasteiger partial charge < -0.3 is 0 Å². The normalized spacial score (nSPS) is 24.7. The lowest BCUT2D eigenvalue weighted by Crippen LogP contribution is -2.42. The number of benzene rings is 3. The van der Waals surface area contributed by atoms with E-state index in [1.54, 1.807) is 19.1 Å². The van der Waals surface area contributed by atoms with Crippen LogP contribution < -0.4 is 5.48 Å². The number of anilines is 1. The quantitative estimate of drug-likeness (QED) is 0.184. The van der Waals surface area contributed by atoms with Crippen molar-refractivity contribution in [2.24, 2.45) is 28.8 Å². The second kappa shape index (κ2) is 11.8. The van der Waals surface area contributed by atoms with E-state index in [2.05, 4.69) is 10.7 Å². The minimum atomic E-state index is -3.83. The van der Waals surface area contributed by atoms with Crippen LogP contribution in [-0.2, 0) is 24.9 Å². The molecule has 0 aromatic heterocycles. The molecule has 3 aromatic rings. The van der Waals surface area contributed by atoms with Crippen molar-refractivity contribution in [3.63, 3.8) is 0 Å². The molecule has 0 unspecified atom stereocenters. The fourth-order valence-electron chi connectivity index (χ4n) is 6.74. The molecule has 0 amide bonds. The number of hydrogen-bond donors (Lipinski definition) is 1. The van der Waals surface area contributed by atoms with Crippen molar-refractivity contribution < 1.29 is 21.7 Å². The first kappa shape index (κ1) is 30.8. The molecule has 228 valence electrons. The highest BCUT2D eigenvalue weighted by molar-refractivity contribution is 7.89. The van der Waals surface area contributed by atoms with E-state index in [0.717, 1.165) is 12.8 Å². The van der Waals surface area contributed by atoms with Crippen LogP contribution in [-0.4, -0.2) is 58.2 Å². The van der Waals surface area contributed by atoms with Gasteiger partial charge >= 0.3 is 0 Å². The lowest BCUT2D eigenvalue weighted by Gasteiger charge is -2.34. The Kier molecular flexibility index (Phi) is 8.66. The molecule has 0 spiro atoms. The van der Waals surface area contributed by atoms with E-state index in [1.165, 1.54) is 32.9 Å². The van der Waals surface area contributed by atoms with Crippen LogP contribution in [0.15, 0.2) is 51.4 Å². The zero-order valence-corrected chi connectivity index (χ0v) is 26.5. The maximum Gasteiger partial charge on any atom is 0.243 e. The first-order chi connectivity index (χ1) is 19.9. The van der Waals surface area contributed by atoms with E-state index >= 15 is 0 Å². The predicted octanol–water partition coefficient (Wildman–Crippen LogP) is 6.09. The van der Waals surface area contributed by atoms with Crippen LogP contribution >= 0.6 is 0 Å². The minimum Gasteiger partial charge on any atom is -0.276 e. The Balaban J connectivity index is 1.71. The topological polar surface area (TPSA) is 125 Å². The van der Waals surface area contributed by atoms with Gasteiger partial charge in [-0.1, -0.05) is 39.8 Å². The fourth-order valence-corrected chi connectivity index (χ4v) is 10.2. The van der Waals surface area contributed by atoms with Crippen LogP contribution in [0.3, 0.4) is 0 Å². The van der Waals surface area contributed by atoms with Crippen molar-refractivity contribution in [2.45, 2.75) is 57.3 Å². The van der Waals surface area contributed by atoms with Gasteiger partial charge in [-0.05, 0) is 72.9 Å². The van der Waals surface area contributed by atoms with Crippen molar-refractivity contribution >= 4 is 53.0 Å². The molecule has 2 heterocycles. The van der Waals surface area contributed by atoms with Gasteiger partial charge in [-0.2, -0.15) is 8.61 Å². The van der Waals surface area contributed by atoms with Crippen LogP contribution in [0.4, 0.5) is 11.4 Å². The Morgan fingerprint density at radius 2 is 1.14 bits per heavy atom. The molecule has 2 saturated heterocycles. The smallest absolute Gasteiger partial charge is 0.243 e. The molecule has 10 nitrogen and oxygen atoms in total. The van der Waals surface area contributed by atoms with E-state index in [0.29, 0.717) is 60.0 Å². The third-order valence-corrected chi connectivity index (χ3v) is 12.0. The number of nitrogens with zero attached hydrogens (tertiary/aromatic N) is 3. The molecule has 12 heteroatoms. The molecular weight excluding hydrogens is 576 g/mol. The summed E-state index contributed by atoms with van der Waals surface area (Å²) in [6.45, 7) is 12.0. The monoisotopic (exact) mass is 616 g/mol. The van der Waals surface area contributed by atoms with Gasteiger partial charge in [-0.3, -0.25) is 10.3 Å². The molecule has 5 rings (SSSR count). The second-order valence-corrected chi connectivity index (χ2v) is 16.2. The average Bonchev–Trinajstić information content (AvgIpc) is 2.93. The van der Waals surface area contributed by atoms with Crippen molar-refractivity contribution in [1.82, 2.24) is 8.61 Å². The lowest BCUT2D eigenvalue weighted by molar-refractivity contribution is 0.211. The Labute approximate surface area is 248 Å². The summed E-state index contributed by atoms with van der Waals surface area (Å²) >= 11 is 0. The highest BCUT2D eigenvalue weighted by Gasteiger charge is 2.34. The van der Waals surface area contributed by atoms with E-state index in [1.807, 2.05) is 27.7 Å². The van der Waals surface area contributed by atoms with Crippen LogP contribution in [0, 0.1) is 28.6 Å². The summed E-state index contributed by atoms with van der Waals surface area (Å²) in [5.41, 5.74) is 3.40. The number of piperidine rings is 2. The maximum absolute atomic E-state index is 13.8. The Morgan fingerprint density at radius 1 is 0.738 bits per heavy atom. The minimum absolute atomic E-state index is 0.0899. The summed E-state index contributed by atoms with van der Waals surface area (Å²) in [6, 6.07) is 9.24. The van der Waals surface area contributed by atoms with Gasteiger partial charge in [-0.25, -0.2) is 16.8 Å². The predicted molar refractivity (Wildman–Crippen MR) is 166 cm³/mol. The summed E-state index contributed by atoms with van der Waals surface area (Å²) < 4.78 is 58.2. The van der Waals surface area contributed by atoms with Crippen LogP contribution in [0.5, 0.6) is 0 Å². The SMILES string of the molecule is CCONc1c2cc(S(=O)(=O)N3C[C@H](C)C[C@H](C)C3)ccc2c(N=O)c2ccc(S(=O)(=O)N3C[C@H](C)C[C@H](C)C3)cc12. The van der Waals surface area contributed by atoms with E-state index in [4.69, 9.17) is 4.84 Å². The summed E-state index contributed by atoms with van der Waals surface area (Å²) in [5, 5.41) is 4.99. The maximum atomic E-state index is 13.8. The average molecular weight is 617 g/mol. The van der Waals surface area contributed by atoms with E-state index in [-0.39, 0.29) is 39.1 Å². The number of rotatable bonds is 8. The third-order valence-electron chi connectivity index (χ3n) is 8.39. The molecule has 0 aliphatic carbocycles. The van der Waals surface area contributed by atoms with Gasteiger partial charge in [0, 0.05) is 47.7 Å². The molecule has 0 bridgehead atoms. The van der Waals surface area contributed by atoms with Crippen molar-refractivity contribution in [1.29, 1.82) is 0 Å². The second-order valence-electron chi connectivity index (χ2n) is 12.3. The molecular formula is C30H40N4O6S2. The largest absolute Gasteiger partial charge is 0.276 e. The van der Waals surface area contributed by atoms with Crippen LogP contribution in [0.1, 0.15) is 47.5 Å². The molecule has 0 radical (unpaired) electrons. The number of fused-ring (bicyclic) bond motifs is 2. The number of hydrogen-bond acceptors (Lipinski definition) is 8. The summed E-state index contributed by atoms with van der Waals surface area (Å²) in [7, 11) is -7.66. The molecule has 1 N–H and O–H groups in total. The number of nitrogens with one attached hydrogen (secondary N) is 1. The zero-order valence-electron chi connectivity index (χ0n) is 24.8. The molecule has 2 fully saturated rings. The summed E-state index contributed by atoms with van der Waals surface area (Å²) in [5.74, 6) is 0.945. The van der Waals surface area contributed by atoms with Gasteiger partial charge in [0.15, 0.2) is 0 Å². The number of nitroso groups, excluding NO2 is 1. The number of sulfonamides is 2. The molecule has 42 heavy (non-hydrogen) atoms. The molecule has 4 atom stereocenters. The highest BCUT2D eigenvalue weighted by atomic mass is 32.2. The Hall–Kier alpha value is -2.64. The van der Waals surface area contributed by atoms with Gasteiger partial charge in [0.2, 0.25) is 20.0 Å². The highest BCUT2D eigenvalue weighted by Crippen LogP contribution is 2.44. The molecule has 2 aliphatic heterocycles. The van der Waals surface area contributed by atoms with Crippen molar-refractivity contribution in [3.8, 4) is 0 Å². The van der Waals surface area contributed by atoms with Crippen LogP contribution in [0.2, 0.25) is 0 Å². The van der Waals surface area contributed by atoms with Gasteiger partial charge in [0.25, 0.3) is 0 Å². The standard InChI is InChI=1S/C30H40N4O6S2/c1-6-40-32-30-27-13-23(41(36,37)33-15-19(2)11-20(3)16-33)7-9-25(27)29(31-35)26-10-8-24(14-28(26)30)42(38,39)34-17-21(4)12-22(5)18-34/h7-10,13-14,19-22,32H,6,11-12,15-18H2,1-5H3/t19-,20+,21-,22+. The first-order valence-electron chi connectivity index (χ1n) is 14.6. The summed E-state index contributed by atoms with van der Waals surface area (Å²) in [6.07, 6.45) is 1.93. The Morgan fingerprint density at radius 3 is 1.50 bits per heavy atom. The fraction of sp³-hybridized carbons (Fsp3) is 0.533. The van der Waals surface area contributed by atoms with Gasteiger partial charge in [-0.15, -0.1) is 4.91 Å². The lowest BCUT2D eigenvalue weighted by atomic mass is 9.94. The summed E-state index contributed by atoms with van der Waals surface area (Å²) in [4.78, 5) is 18.0. The molecule has 3 aromatic carbocycles.